The molecule has 6 heteroatoms. The summed E-state index contributed by atoms with van der Waals surface area (Å²) in [5, 5.41) is 13.7. The Labute approximate surface area is 179 Å². The average Bonchev–Trinajstić information content (AvgIpc) is 3.40. The van der Waals surface area contributed by atoms with Crippen molar-refractivity contribution in [3.05, 3.63) is 103 Å². The highest BCUT2D eigenvalue weighted by Crippen LogP contribution is 2.43. The van der Waals surface area contributed by atoms with Crippen LogP contribution in [-0.2, 0) is 0 Å². The maximum atomic E-state index is 9.71. The van der Waals surface area contributed by atoms with E-state index >= 15 is 0 Å². The first-order valence-electron chi connectivity index (χ1n) is 9.65. The fourth-order valence-corrected chi connectivity index (χ4v) is 4.15. The van der Waals surface area contributed by atoms with Crippen molar-refractivity contribution in [3.8, 4) is 17.1 Å². The van der Waals surface area contributed by atoms with E-state index in [4.69, 9.17) is 16.6 Å². The van der Waals surface area contributed by atoms with Crippen LogP contribution in [-0.4, -0.2) is 15.2 Å². The fourth-order valence-electron chi connectivity index (χ4n) is 3.80. The summed E-state index contributed by atoms with van der Waals surface area (Å²) in [6, 6.07) is 26.4. The second-order valence-corrected chi connectivity index (χ2v) is 7.47. The van der Waals surface area contributed by atoms with E-state index in [1.54, 1.807) is 18.3 Å². The molecular formula is C24H19N3O2S. The average molecular weight is 414 g/mol. The quantitative estimate of drug-likeness (QED) is 0.447. The second-order valence-electron chi connectivity index (χ2n) is 7.08. The standard InChI is InChI=1S/C24H19N3O2S/c28-18-11-9-17(10-12-18)27-23(22(26-24(27)30)19-8-4-5-15-25-19)21-14-13-20(29-21)16-6-2-1-3-7-16/h1-15,22-23,28H,(H,26,30)/t22-,23-/m1/s1. The summed E-state index contributed by atoms with van der Waals surface area (Å²) in [6.07, 6.45) is 1.78. The highest BCUT2D eigenvalue weighted by molar-refractivity contribution is 7.80. The largest absolute Gasteiger partial charge is 0.508 e. The summed E-state index contributed by atoms with van der Waals surface area (Å²) in [6.45, 7) is 0. The van der Waals surface area contributed by atoms with Crippen LogP contribution in [0.1, 0.15) is 23.5 Å². The molecule has 0 aliphatic carbocycles. The SMILES string of the molecule is Oc1ccc(N2C(=S)N[C@H](c3ccccn3)[C@H]2c2ccc(-c3ccccc3)o2)cc1. The summed E-state index contributed by atoms with van der Waals surface area (Å²) < 4.78 is 6.31. The first-order valence-corrected chi connectivity index (χ1v) is 10.1. The van der Waals surface area contributed by atoms with Crippen LogP contribution in [0.15, 0.2) is 95.5 Å². The molecule has 0 radical (unpaired) electrons. The molecule has 1 fully saturated rings. The molecule has 148 valence electrons. The molecular weight excluding hydrogens is 394 g/mol. The molecule has 1 aliphatic heterocycles. The van der Waals surface area contributed by atoms with E-state index in [0.29, 0.717) is 5.11 Å². The Hall–Kier alpha value is -3.64. The van der Waals surface area contributed by atoms with Gasteiger partial charge in [-0.05, 0) is 60.7 Å². The van der Waals surface area contributed by atoms with E-state index in [0.717, 1.165) is 28.5 Å². The Morgan fingerprint density at radius 2 is 1.67 bits per heavy atom. The van der Waals surface area contributed by atoms with E-state index < -0.39 is 0 Å². The van der Waals surface area contributed by atoms with Crippen molar-refractivity contribution in [2.45, 2.75) is 12.1 Å². The first kappa shape index (κ1) is 18.4. The van der Waals surface area contributed by atoms with E-state index in [1.807, 2.05) is 77.7 Å². The maximum absolute atomic E-state index is 9.71. The van der Waals surface area contributed by atoms with Gasteiger partial charge in [0, 0.05) is 17.4 Å². The molecule has 2 N–H and O–H groups in total. The number of furan rings is 1. The first-order chi connectivity index (χ1) is 14.7. The Bertz CT molecular complexity index is 1160. The number of rotatable bonds is 4. The van der Waals surface area contributed by atoms with Crippen LogP contribution in [0.25, 0.3) is 11.3 Å². The number of anilines is 1. The molecule has 5 rings (SSSR count). The third-order valence-corrected chi connectivity index (χ3v) is 5.52. The minimum absolute atomic E-state index is 0.178. The molecule has 0 saturated carbocycles. The van der Waals surface area contributed by atoms with Crippen LogP contribution in [0.3, 0.4) is 0 Å². The van der Waals surface area contributed by atoms with Gasteiger partial charge in [0.25, 0.3) is 0 Å². The van der Waals surface area contributed by atoms with Crippen LogP contribution in [0.5, 0.6) is 5.75 Å². The van der Waals surface area contributed by atoms with Gasteiger partial charge in [-0.3, -0.25) is 4.98 Å². The zero-order valence-electron chi connectivity index (χ0n) is 16.0. The lowest BCUT2D eigenvalue weighted by atomic mass is 10.0. The number of phenolic OH excluding ortho intramolecular Hbond substituents is 1. The van der Waals surface area contributed by atoms with E-state index in [2.05, 4.69) is 10.3 Å². The topological polar surface area (TPSA) is 61.5 Å². The number of hydrogen-bond donors (Lipinski definition) is 2. The van der Waals surface area contributed by atoms with Gasteiger partial charge in [0.1, 0.15) is 23.3 Å². The van der Waals surface area contributed by atoms with Crippen molar-refractivity contribution in [2.75, 3.05) is 4.90 Å². The van der Waals surface area contributed by atoms with E-state index in [1.165, 1.54) is 0 Å². The molecule has 2 aromatic carbocycles. The molecule has 1 aliphatic rings. The smallest absolute Gasteiger partial charge is 0.174 e. The van der Waals surface area contributed by atoms with Gasteiger partial charge in [0.15, 0.2) is 5.11 Å². The van der Waals surface area contributed by atoms with Gasteiger partial charge in [-0.25, -0.2) is 0 Å². The molecule has 3 heterocycles. The lowest BCUT2D eigenvalue weighted by Crippen LogP contribution is -2.29. The van der Waals surface area contributed by atoms with E-state index in [9.17, 15) is 5.11 Å². The molecule has 2 atom stereocenters. The molecule has 1 saturated heterocycles. The molecule has 30 heavy (non-hydrogen) atoms. The van der Waals surface area contributed by atoms with Crippen molar-refractivity contribution in [1.29, 1.82) is 0 Å². The van der Waals surface area contributed by atoms with Crippen molar-refractivity contribution >= 4 is 23.0 Å². The van der Waals surface area contributed by atoms with Crippen LogP contribution in [0.2, 0.25) is 0 Å². The highest BCUT2D eigenvalue weighted by Gasteiger charge is 2.42. The molecule has 0 amide bonds. The van der Waals surface area contributed by atoms with Crippen LogP contribution < -0.4 is 10.2 Å². The molecule has 4 aromatic rings. The summed E-state index contributed by atoms with van der Waals surface area (Å²) in [4.78, 5) is 6.56. The Balaban J connectivity index is 1.60. The third-order valence-electron chi connectivity index (χ3n) is 5.20. The minimum Gasteiger partial charge on any atom is -0.508 e. The number of hydrogen-bond acceptors (Lipinski definition) is 4. The van der Waals surface area contributed by atoms with Crippen molar-refractivity contribution in [1.82, 2.24) is 10.3 Å². The van der Waals surface area contributed by atoms with Gasteiger partial charge in [-0.2, -0.15) is 0 Å². The monoisotopic (exact) mass is 413 g/mol. The van der Waals surface area contributed by atoms with Crippen molar-refractivity contribution in [2.24, 2.45) is 0 Å². The molecule has 0 spiro atoms. The summed E-state index contributed by atoms with van der Waals surface area (Å²) in [5.41, 5.74) is 2.76. The number of aromatic hydroxyl groups is 1. The molecule has 5 nitrogen and oxygen atoms in total. The minimum atomic E-state index is -0.227. The number of aromatic nitrogens is 1. The van der Waals surface area contributed by atoms with Crippen molar-refractivity contribution < 1.29 is 9.52 Å². The fraction of sp³-hybridized carbons (Fsp3) is 0.0833. The van der Waals surface area contributed by atoms with Gasteiger partial charge < -0.3 is 19.7 Å². The van der Waals surface area contributed by atoms with Gasteiger partial charge >= 0.3 is 0 Å². The molecule has 2 aromatic heterocycles. The third kappa shape index (κ3) is 3.31. The Morgan fingerprint density at radius 1 is 0.900 bits per heavy atom. The highest BCUT2D eigenvalue weighted by atomic mass is 32.1. The van der Waals surface area contributed by atoms with Crippen molar-refractivity contribution in [3.63, 3.8) is 0 Å². The van der Waals surface area contributed by atoms with Gasteiger partial charge in [-0.1, -0.05) is 36.4 Å². The van der Waals surface area contributed by atoms with Gasteiger partial charge in [-0.15, -0.1) is 0 Å². The predicted molar refractivity (Wildman–Crippen MR) is 120 cm³/mol. The molecule has 0 unspecified atom stereocenters. The van der Waals surface area contributed by atoms with Crippen LogP contribution >= 0.6 is 12.2 Å². The lowest BCUT2D eigenvalue weighted by molar-refractivity contribution is 0.439. The zero-order chi connectivity index (χ0) is 20.5. The summed E-state index contributed by atoms with van der Waals surface area (Å²) in [7, 11) is 0. The zero-order valence-corrected chi connectivity index (χ0v) is 16.8. The number of nitrogens with zero attached hydrogens (tertiary/aromatic N) is 2. The van der Waals surface area contributed by atoms with Crippen LogP contribution in [0.4, 0.5) is 5.69 Å². The number of pyridine rings is 1. The van der Waals surface area contributed by atoms with Gasteiger partial charge in [0.05, 0.1) is 11.7 Å². The number of benzene rings is 2. The summed E-state index contributed by atoms with van der Waals surface area (Å²) in [5.74, 6) is 1.79. The van der Waals surface area contributed by atoms with Crippen LogP contribution in [0, 0.1) is 0 Å². The van der Waals surface area contributed by atoms with E-state index in [-0.39, 0.29) is 17.8 Å². The number of phenols is 1. The second kappa shape index (κ2) is 7.65. The number of nitrogens with one attached hydrogen (secondary N) is 1. The maximum Gasteiger partial charge on any atom is 0.174 e. The normalized spacial score (nSPS) is 18.4. The summed E-state index contributed by atoms with van der Waals surface area (Å²) >= 11 is 5.69. The molecule has 0 bridgehead atoms. The Morgan fingerprint density at radius 3 is 2.40 bits per heavy atom. The predicted octanol–water partition coefficient (Wildman–Crippen LogP) is 5.22. The number of thiocarbonyl (C=S) groups is 1. The van der Waals surface area contributed by atoms with Gasteiger partial charge in [0.2, 0.25) is 0 Å². The Kier molecular flexibility index (Phi) is 4.69. The lowest BCUT2D eigenvalue weighted by Gasteiger charge is -2.26.